The molecule has 1 aromatic carbocycles. The van der Waals surface area contributed by atoms with Crippen molar-refractivity contribution in [2.45, 2.75) is 39.7 Å². The molecule has 1 amide bonds. The monoisotopic (exact) mass is 413 g/mol. The summed E-state index contributed by atoms with van der Waals surface area (Å²) in [5, 5.41) is 9.22. The highest BCUT2D eigenvalue weighted by atomic mass is 16.1. The molecule has 3 heterocycles. The van der Waals surface area contributed by atoms with Crippen LogP contribution in [0, 0.1) is 11.3 Å². The fourth-order valence-corrected chi connectivity index (χ4v) is 4.74. The Morgan fingerprint density at radius 2 is 2.03 bits per heavy atom. The second-order valence-corrected chi connectivity index (χ2v) is 9.26. The lowest BCUT2D eigenvalue weighted by molar-refractivity contribution is 0.100. The molecule has 3 aromatic heterocycles. The molecule has 0 bridgehead atoms. The molecule has 6 nitrogen and oxygen atoms in total. The van der Waals surface area contributed by atoms with E-state index in [0.29, 0.717) is 11.5 Å². The van der Waals surface area contributed by atoms with E-state index in [1.54, 1.807) is 12.4 Å². The first kappa shape index (κ1) is 19.5. The molecule has 2 atom stereocenters. The van der Waals surface area contributed by atoms with Crippen molar-refractivity contribution >= 4 is 28.0 Å². The smallest absolute Gasteiger partial charge is 0.252 e. The fraction of sp³-hybridized carbons (Fsp3) is 0.320. The van der Waals surface area contributed by atoms with Gasteiger partial charge in [-0.1, -0.05) is 32.9 Å². The van der Waals surface area contributed by atoms with Gasteiger partial charge >= 0.3 is 0 Å². The van der Waals surface area contributed by atoms with Crippen molar-refractivity contribution in [2.75, 3.05) is 5.32 Å². The van der Waals surface area contributed by atoms with Gasteiger partial charge in [-0.25, -0.2) is 4.52 Å². The van der Waals surface area contributed by atoms with E-state index in [0.717, 1.165) is 46.1 Å². The van der Waals surface area contributed by atoms with Gasteiger partial charge < -0.3 is 11.1 Å². The van der Waals surface area contributed by atoms with Crippen molar-refractivity contribution in [3.63, 3.8) is 0 Å². The molecular formula is C25H27N5O. The van der Waals surface area contributed by atoms with Crippen LogP contribution in [0.3, 0.4) is 0 Å². The molecule has 0 aliphatic heterocycles. The average molecular weight is 414 g/mol. The summed E-state index contributed by atoms with van der Waals surface area (Å²) in [6.07, 6.45) is 7.58. The van der Waals surface area contributed by atoms with Gasteiger partial charge in [0.25, 0.3) is 5.91 Å². The van der Waals surface area contributed by atoms with E-state index in [9.17, 15) is 4.79 Å². The van der Waals surface area contributed by atoms with E-state index in [2.05, 4.69) is 60.4 Å². The van der Waals surface area contributed by atoms with E-state index in [1.807, 2.05) is 22.8 Å². The van der Waals surface area contributed by atoms with Crippen molar-refractivity contribution in [3.8, 4) is 11.1 Å². The zero-order chi connectivity index (χ0) is 21.8. The van der Waals surface area contributed by atoms with E-state index < -0.39 is 5.91 Å². The molecule has 31 heavy (non-hydrogen) atoms. The summed E-state index contributed by atoms with van der Waals surface area (Å²) < 4.78 is 1.82. The zero-order valence-corrected chi connectivity index (χ0v) is 18.1. The maximum atomic E-state index is 12.2. The molecule has 6 heteroatoms. The lowest BCUT2D eigenvalue weighted by Gasteiger charge is -2.33. The molecular weight excluding hydrogens is 386 g/mol. The molecule has 1 unspecified atom stereocenters. The largest absolute Gasteiger partial charge is 0.379 e. The van der Waals surface area contributed by atoms with Gasteiger partial charge in [-0.15, -0.1) is 0 Å². The van der Waals surface area contributed by atoms with Crippen LogP contribution < -0.4 is 11.1 Å². The number of hydrogen-bond donors (Lipinski definition) is 2. The van der Waals surface area contributed by atoms with Crippen molar-refractivity contribution in [2.24, 2.45) is 17.1 Å². The van der Waals surface area contributed by atoms with Crippen LogP contribution in [0.1, 0.15) is 44.0 Å². The number of nitrogens with two attached hydrogens (primary N) is 1. The van der Waals surface area contributed by atoms with E-state index in [1.165, 1.54) is 0 Å². The Morgan fingerprint density at radius 3 is 2.77 bits per heavy atom. The molecule has 0 radical (unpaired) electrons. The highest BCUT2D eigenvalue weighted by molar-refractivity contribution is 6.02. The van der Waals surface area contributed by atoms with E-state index >= 15 is 0 Å². The van der Waals surface area contributed by atoms with Crippen LogP contribution in [-0.4, -0.2) is 26.5 Å². The highest BCUT2D eigenvalue weighted by Gasteiger charge is 2.41. The quantitative estimate of drug-likeness (QED) is 0.499. The first-order valence-electron chi connectivity index (χ1n) is 10.8. The second kappa shape index (κ2) is 7.08. The number of benzene rings is 1. The molecule has 4 aromatic rings. The minimum Gasteiger partial charge on any atom is -0.379 e. The summed E-state index contributed by atoms with van der Waals surface area (Å²) in [6, 6.07) is 12.5. The Morgan fingerprint density at radius 1 is 1.19 bits per heavy atom. The minimum atomic E-state index is -0.471. The van der Waals surface area contributed by atoms with Crippen LogP contribution in [0.5, 0.6) is 0 Å². The first-order chi connectivity index (χ1) is 14.8. The van der Waals surface area contributed by atoms with Gasteiger partial charge in [0.2, 0.25) is 0 Å². The second-order valence-electron chi connectivity index (χ2n) is 9.26. The predicted octanol–water partition coefficient (Wildman–Crippen LogP) is 4.89. The number of hydrogen-bond acceptors (Lipinski definition) is 4. The van der Waals surface area contributed by atoms with Crippen LogP contribution in [0.15, 0.2) is 55.0 Å². The normalized spacial score (nSPS) is 20.4. The summed E-state index contributed by atoms with van der Waals surface area (Å²) in [7, 11) is 0. The third-order valence-corrected chi connectivity index (χ3v) is 7.21. The number of amides is 1. The number of pyridine rings is 1. The molecule has 1 fully saturated rings. The molecule has 158 valence electrons. The molecule has 1 aliphatic carbocycles. The number of rotatable bonds is 4. The maximum Gasteiger partial charge on any atom is 0.252 e. The average Bonchev–Trinajstić information content (AvgIpc) is 3.30. The molecule has 0 saturated heterocycles. The number of nitrogens with one attached hydrogen (secondary N) is 1. The van der Waals surface area contributed by atoms with Crippen molar-refractivity contribution in [1.29, 1.82) is 0 Å². The standard InChI is InChI=1S/C25H27N5O/c1-15-6-9-22(25(15,2)3)29-23-19(24(26)31)13-28-30-14-18(12-21(23)30)16-7-8-20-17(11-16)5-4-10-27-20/h4-5,7-8,10-15,22,29H,6,9H2,1-3H3,(H2,26,31)/t15?,22-/m1/s1. The number of fused-ring (bicyclic) bond motifs is 2. The predicted molar refractivity (Wildman–Crippen MR) is 124 cm³/mol. The fourth-order valence-electron chi connectivity index (χ4n) is 4.74. The van der Waals surface area contributed by atoms with Gasteiger partial charge in [-0.05, 0) is 54.0 Å². The third-order valence-electron chi connectivity index (χ3n) is 7.21. The van der Waals surface area contributed by atoms with Crippen LogP contribution >= 0.6 is 0 Å². The molecule has 5 rings (SSSR count). The van der Waals surface area contributed by atoms with Gasteiger partial charge in [-0.2, -0.15) is 5.10 Å². The Balaban J connectivity index is 1.62. The van der Waals surface area contributed by atoms with Crippen molar-refractivity contribution in [1.82, 2.24) is 14.6 Å². The Kier molecular flexibility index (Phi) is 4.46. The third kappa shape index (κ3) is 3.23. The van der Waals surface area contributed by atoms with Crippen molar-refractivity contribution < 1.29 is 4.79 Å². The highest BCUT2D eigenvalue weighted by Crippen LogP contribution is 2.44. The molecule has 1 saturated carbocycles. The maximum absolute atomic E-state index is 12.2. The Hall–Kier alpha value is -3.41. The Bertz CT molecular complexity index is 1310. The molecule has 3 N–H and O–H groups in total. The van der Waals surface area contributed by atoms with Crippen molar-refractivity contribution in [3.05, 3.63) is 60.6 Å². The minimum absolute atomic E-state index is 0.121. The van der Waals surface area contributed by atoms with Gasteiger partial charge in [0.1, 0.15) is 0 Å². The summed E-state index contributed by atoms with van der Waals surface area (Å²) in [4.78, 5) is 16.6. The number of aromatic nitrogens is 3. The molecule has 1 aliphatic rings. The SMILES string of the molecule is CC1CC[C@@H](Nc2c(C(N)=O)cnn3cc(-c4ccc5ncccc5c4)cc23)C1(C)C. The summed E-state index contributed by atoms with van der Waals surface area (Å²) >= 11 is 0. The van der Waals surface area contributed by atoms with E-state index in [4.69, 9.17) is 5.73 Å². The number of carbonyl (C=O) groups is 1. The Labute approximate surface area is 181 Å². The summed E-state index contributed by atoms with van der Waals surface area (Å²) in [6.45, 7) is 6.87. The lowest BCUT2D eigenvalue weighted by Crippen LogP contribution is -2.35. The zero-order valence-electron chi connectivity index (χ0n) is 18.1. The van der Waals surface area contributed by atoms with Crippen LogP contribution in [0.2, 0.25) is 0 Å². The lowest BCUT2D eigenvalue weighted by atomic mass is 9.80. The number of carbonyl (C=O) groups excluding carboxylic acids is 1. The molecule has 0 spiro atoms. The number of primary amides is 1. The van der Waals surface area contributed by atoms with Gasteiger partial charge in [-0.3, -0.25) is 9.78 Å². The van der Waals surface area contributed by atoms with Crippen LogP contribution in [-0.2, 0) is 0 Å². The van der Waals surface area contributed by atoms with Gasteiger partial charge in [0.15, 0.2) is 0 Å². The topological polar surface area (TPSA) is 85.3 Å². The van der Waals surface area contributed by atoms with Crippen LogP contribution in [0.4, 0.5) is 5.69 Å². The number of anilines is 1. The summed E-state index contributed by atoms with van der Waals surface area (Å²) in [5.74, 6) is 0.134. The van der Waals surface area contributed by atoms with Gasteiger partial charge in [0.05, 0.1) is 28.5 Å². The number of nitrogens with zero attached hydrogens (tertiary/aromatic N) is 3. The van der Waals surface area contributed by atoms with Crippen LogP contribution in [0.25, 0.3) is 27.5 Å². The summed E-state index contributed by atoms with van der Waals surface area (Å²) in [5.41, 5.74) is 11.0. The van der Waals surface area contributed by atoms with Gasteiger partial charge in [0, 0.05) is 29.4 Å². The van der Waals surface area contributed by atoms with E-state index in [-0.39, 0.29) is 11.5 Å². The first-order valence-corrected chi connectivity index (χ1v) is 10.8.